The number of allylic oxidation sites excluding steroid dienone is 2. The molecule has 1 aromatic carbocycles. The van der Waals surface area contributed by atoms with Gasteiger partial charge in [-0.25, -0.2) is 14.1 Å². The van der Waals surface area contributed by atoms with Crippen LogP contribution in [0.4, 0.5) is 8.78 Å². The van der Waals surface area contributed by atoms with E-state index in [-0.39, 0.29) is 17.6 Å². The average molecular weight is 440 g/mol. The van der Waals surface area contributed by atoms with Crippen LogP contribution in [0, 0.1) is 27.9 Å². The number of benzene rings is 1. The standard InChI is InChI=1S/C23H23F2N5S/c1-28-15-22-18(11-17-12-21(14-26)29-23(25)13-17)7-10-20(30-31(22)27)4-2-3-16-5-8-19(24)9-6-16/h5-13,15,20,28H,2-4H2,1H3,(H2,27,30)/b18-11+,22-15+. The highest BCUT2D eigenvalue weighted by molar-refractivity contribution is 7.88. The van der Waals surface area contributed by atoms with Crippen LogP contribution in [0.15, 0.2) is 65.2 Å². The van der Waals surface area contributed by atoms with Gasteiger partial charge in [0, 0.05) is 25.4 Å². The van der Waals surface area contributed by atoms with Gasteiger partial charge in [0.05, 0.1) is 4.91 Å². The van der Waals surface area contributed by atoms with Crippen LogP contribution in [-0.4, -0.2) is 18.1 Å². The first-order valence-corrected chi connectivity index (χ1v) is 11.0. The van der Waals surface area contributed by atoms with Crippen molar-refractivity contribution in [3.8, 4) is 6.07 Å². The number of nitrogens with one attached hydrogen (secondary N) is 3. The van der Waals surface area contributed by atoms with Crippen LogP contribution in [-0.2, 0) is 17.3 Å². The van der Waals surface area contributed by atoms with E-state index in [1.54, 1.807) is 31.5 Å². The molecule has 2 aromatic rings. The molecule has 0 amide bonds. The fourth-order valence-electron chi connectivity index (χ4n) is 3.24. The van der Waals surface area contributed by atoms with E-state index in [4.69, 9.17) is 10.0 Å². The van der Waals surface area contributed by atoms with Crippen molar-refractivity contribution in [2.24, 2.45) is 0 Å². The van der Waals surface area contributed by atoms with Gasteiger partial charge in [0.2, 0.25) is 5.95 Å². The van der Waals surface area contributed by atoms with Crippen molar-refractivity contribution in [2.75, 3.05) is 7.05 Å². The summed E-state index contributed by atoms with van der Waals surface area (Å²) in [5.41, 5.74) is 2.35. The van der Waals surface area contributed by atoms with Crippen LogP contribution in [0.25, 0.3) is 6.08 Å². The van der Waals surface area contributed by atoms with Gasteiger partial charge in [-0.3, -0.25) is 4.78 Å². The largest absolute Gasteiger partial charge is 0.393 e. The molecule has 8 heteroatoms. The molecule has 3 N–H and O–H groups in total. The minimum Gasteiger partial charge on any atom is -0.393 e. The van der Waals surface area contributed by atoms with Crippen molar-refractivity contribution in [3.63, 3.8) is 0 Å². The summed E-state index contributed by atoms with van der Waals surface area (Å²) in [6.45, 7) is 0. The van der Waals surface area contributed by atoms with Gasteiger partial charge < -0.3 is 5.32 Å². The number of nitrogens with zero attached hydrogens (tertiary/aromatic N) is 2. The zero-order chi connectivity index (χ0) is 22.2. The van der Waals surface area contributed by atoms with Gasteiger partial charge in [-0.15, -0.1) is 0 Å². The van der Waals surface area contributed by atoms with Crippen molar-refractivity contribution in [1.29, 1.82) is 10.0 Å². The van der Waals surface area contributed by atoms with Crippen molar-refractivity contribution in [2.45, 2.75) is 25.3 Å². The number of halogens is 2. The molecule has 1 aliphatic heterocycles. The van der Waals surface area contributed by atoms with Crippen LogP contribution < -0.4 is 10.0 Å². The molecule has 160 valence electrons. The van der Waals surface area contributed by atoms with Gasteiger partial charge in [-0.05, 0) is 71.1 Å². The maximum Gasteiger partial charge on any atom is 0.214 e. The Hall–Kier alpha value is -3.15. The molecule has 0 spiro atoms. The van der Waals surface area contributed by atoms with E-state index in [0.717, 1.165) is 35.3 Å². The summed E-state index contributed by atoms with van der Waals surface area (Å²) in [7, 11) is 0.762. The lowest BCUT2D eigenvalue weighted by Gasteiger charge is -2.15. The number of aromatic nitrogens is 1. The lowest BCUT2D eigenvalue weighted by Crippen LogP contribution is -2.28. The van der Waals surface area contributed by atoms with E-state index in [1.807, 2.05) is 18.2 Å². The third-order valence-corrected chi connectivity index (χ3v) is 6.04. The number of hydrogen-bond acceptors (Lipinski definition) is 4. The lowest BCUT2D eigenvalue weighted by atomic mass is 10.0. The summed E-state index contributed by atoms with van der Waals surface area (Å²) < 4.78 is 38.7. The summed E-state index contributed by atoms with van der Waals surface area (Å²) >= 11 is 0. The SMILES string of the molecule is CN/C=C1\C(=C\c2cc(F)nc(C#N)c2)C=CC(CCCc2ccc(F)cc2)NS1=N. The monoisotopic (exact) mass is 439 g/mol. The van der Waals surface area contributed by atoms with Crippen LogP contribution in [0.5, 0.6) is 0 Å². The normalized spacial score (nSPS) is 21.1. The van der Waals surface area contributed by atoms with Gasteiger partial charge in [0.1, 0.15) is 17.6 Å². The molecule has 0 aliphatic carbocycles. The van der Waals surface area contributed by atoms with Gasteiger partial charge in [0.15, 0.2) is 0 Å². The number of rotatable bonds is 6. The van der Waals surface area contributed by atoms with Crippen LogP contribution in [0.2, 0.25) is 0 Å². The lowest BCUT2D eigenvalue weighted by molar-refractivity contribution is 0.582. The highest BCUT2D eigenvalue weighted by Gasteiger charge is 2.17. The second kappa shape index (κ2) is 10.8. The summed E-state index contributed by atoms with van der Waals surface area (Å²) in [6.07, 6.45) is 9.96. The Kier molecular flexibility index (Phi) is 7.82. The Labute approximate surface area is 183 Å². The quantitative estimate of drug-likeness (QED) is 0.578. The Morgan fingerprint density at radius 1 is 1.29 bits per heavy atom. The van der Waals surface area contributed by atoms with Crippen LogP contribution in [0.1, 0.15) is 29.7 Å². The predicted molar refractivity (Wildman–Crippen MR) is 120 cm³/mol. The minimum atomic E-state index is -0.999. The summed E-state index contributed by atoms with van der Waals surface area (Å²) in [6, 6.07) is 11.1. The maximum atomic E-state index is 13.7. The third kappa shape index (κ3) is 6.41. The topological polar surface area (TPSA) is 84.6 Å². The highest BCUT2D eigenvalue weighted by atomic mass is 32.2. The molecule has 0 fully saturated rings. The summed E-state index contributed by atoms with van der Waals surface area (Å²) in [4.78, 5) is 4.27. The van der Waals surface area contributed by atoms with Crippen molar-refractivity contribution < 1.29 is 8.78 Å². The van der Waals surface area contributed by atoms with E-state index in [1.165, 1.54) is 24.3 Å². The van der Waals surface area contributed by atoms with Crippen LogP contribution in [0.3, 0.4) is 0 Å². The molecule has 2 atom stereocenters. The Morgan fingerprint density at radius 3 is 2.77 bits per heavy atom. The van der Waals surface area contributed by atoms with Gasteiger partial charge in [-0.2, -0.15) is 9.65 Å². The van der Waals surface area contributed by atoms with Crippen molar-refractivity contribution in [1.82, 2.24) is 15.0 Å². The molecule has 1 aliphatic rings. The molecular weight excluding hydrogens is 416 g/mol. The predicted octanol–water partition coefficient (Wildman–Crippen LogP) is 4.52. The molecular formula is C23H23F2N5S. The molecule has 0 saturated heterocycles. The maximum absolute atomic E-state index is 13.7. The first-order chi connectivity index (χ1) is 15.0. The molecule has 0 bridgehead atoms. The fraction of sp³-hybridized carbons (Fsp3) is 0.217. The van der Waals surface area contributed by atoms with Gasteiger partial charge >= 0.3 is 0 Å². The molecule has 3 rings (SSSR count). The molecule has 5 nitrogen and oxygen atoms in total. The van der Waals surface area contributed by atoms with Gasteiger partial charge in [0.25, 0.3) is 0 Å². The van der Waals surface area contributed by atoms with E-state index in [2.05, 4.69) is 15.0 Å². The first-order valence-electron chi connectivity index (χ1n) is 9.80. The molecule has 1 aromatic heterocycles. The van der Waals surface area contributed by atoms with E-state index in [0.29, 0.717) is 5.56 Å². The second-order valence-corrected chi connectivity index (χ2v) is 8.31. The zero-order valence-corrected chi connectivity index (χ0v) is 17.8. The number of pyridine rings is 1. The Balaban J connectivity index is 1.78. The minimum absolute atomic E-state index is 0.00344. The fourth-order valence-corrected chi connectivity index (χ4v) is 4.46. The Bertz CT molecular complexity index is 1080. The Morgan fingerprint density at radius 2 is 2.06 bits per heavy atom. The molecule has 31 heavy (non-hydrogen) atoms. The molecule has 0 radical (unpaired) electrons. The number of hydrogen-bond donors (Lipinski definition) is 3. The van der Waals surface area contributed by atoms with E-state index >= 15 is 0 Å². The van der Waals surface area contributed by atoms with E-state index in [9.17, 15) is 8.78 Å². The smallest absolute Gasteiger partial charge is 0.214 e. The number of nitriles is 1. The number of aryl methyl sites for hydroxylation is 1. The third-order valence-electron chi connectivity index (χ3n) is 4.70. The van der Waals surface area contributed by atoms with Crippen molar-refractivity contribution >= 4 is 17.0 Å². The zero-order valence-electron chi connectivity index (χ0n) is 17.0. The first kappa shape index (κ1) is 22.5. The van der Waals surface area contributed by atoms with Crippen molar-refractivity contribution in [3.05, 3.63) is 93.8 Å². The van der Waals surface area contributed by atoms with Gasteiger partial charge in [-0.1, -0.05) is 24.3 Å². The highest BCUT2D eigenvalue weighted by Crippen LogP contribution is 2.23. The van der Waals surface area contributed by atoms with E-state index < -0.39 is 16.8 Å². The van der Waals surface area contributed by atoms with Crippen LogP contribution >= 0.6 is 0 Å². The summed E-state index contributed by atoms with van der Waals surface area (Å²) in [5.74, 6) is -0.959. The molecule has 0 saturated carbocycles. The molecule has 2 unspecified atom stereocenters. The summed E-state index contributed by atoms with van der Waals surface area (Å²) in [5, 5.41) is 12.0. The molecule has 2 heterocycles. The average Bonchev–Trinajstić information content (AvgIpc) is 2.89. The second-order valence-electron chi connectivity index (χ2n) is 7.03.